The second kappa shape index (κ2) is 14.5. The molecule has 302 valence electrons. The second-order valence-corrected chi connectivity index (χ2v) is 18.5. The van der Waals surface area contributed by atoms with E-state index in [9.17, 15) is 0 Å². The molecule has 9 aromatic carbocycles. The molecule has 2 heteroatoms. The molecular weight excluding hydrogens is 791 g/mol. The molecule has 10 aromatic rings. The van der Waals surface area contributed by atoms with Crippen LogP contribution < -0.4 is 4.90 Å². The van der Waals surface area contributed by atoms with E-state index in [0.717, 1.165) is 23.5 Å². The van der Waals surface area contributed by atoms with E-state index in [0.29, 0.717) is 0 Å². The van der Waals surface area contributed by atoms with Crippen molar-refractivity contribution >= 4 is 54.1 Å². The molecule has 0 radical (unpaired) electrons. The van der Waals surface area contributed by atoms with Gasteiger partial charge in [-0.15, -0.1) is 11.3 Å². The molecule has 3 unspecified atom stereocenters. The van der Waals surface area contributed by atoms with Gasteiger partial charge in [0.25, 0.3) is 0 Å². The Morgan fingerprint density at radius 1 is 0.453 bits per heavy atom. The van der Waals surface area contributed by atoms with Crippen LogP contribution in [0.5, 0.6) is 0 Å². The Morgan fingerprint density at radius 3 is 1.86 bits per heavy atom. The lowest BCUT2D eigenvalue weighted by molar-refractivity contribution is 0.454. The number of anilines is 3. The quantitative estimate of drug-likeness (QED) is 0.155. The second-order valence-electron chi connectivity index (χ2n) is 17.4. The number of hydrogen-bond acceptors (Lipinski definition) is 2. The van der Waals surface area contributed by atoms with Crippen LogP contribution in [0.15, 0.2) is 243 Å². The van der Waals surface area contributed by atoms with Gasteiger partial charge in [-0.25, -0.2) is 0 Å². The monoisotopic (exact) mass is 833 g/mol. The number of thiophene rings is 1. The minimum Gasteiger partial charge on any atom is -0.310 e. The molecule has 1 heterocycles. The summed E-state index contributed by atoms with van der Waals surface area (Å²) in [6, 6.07) is 84.4. The minimum absolute atomic E-state index is 0.257. The van der Waals surface area contributed by atoms with E-state index in [1.54, 1.807) is 0 Å². The topological polar surface area (TPSA) is 3.24 Å². The molecule has 64 heavy (non-hydrogen) atoms. The molecule has 3 aliphatic rings. The number of rotatable bonds is 7. The zero-order valence-electron chi connectivity index (χ0n) is 35.2. The first-order chi connectivity index (χ1) is 31.8. The van der Waals surface area contributed by atoms with Gasteiger partial charge in [0.05, 0.1) is 16.5 Å². The lowest BCUT2D eigenvalue weighted by Crippen LogP contribution is -2.46. The van der Waals surface area contributed by atoms with Crippen molar-refractivity contribution in [1.29, 1.82) is 0 Å². The van der Waals surface area contributed by atoms with Gasteiger partial charge in [-0.1, -0.05) is 200 Å². The third kappa shape index (κ3) is 5.18. The molecule has 1 aromatic heterocycles. The Labute approximate surface area is 378 Å². The zero-order chi connectivity index (χ0) is 42.2. The van der Waals surface area contributed by atoms with Crippen LogP contribution in [0.3, 0.4) is 0 Å². The highest BCUT2D eigenvalue weighted by Gasteiger charge is 2.61. The van der Waals surface area contributed by atoms with E-state index >= 15 is 0 Å². The molecule has 0 aliphatic heterocycles. The third-order valence-corrected chi connectivity index (χ3v) is 15.6. The van der Waals surface area contributed by atoms with E-state index < -0.39 is 5.41 Å². The Hall–Kier alpha value is -7.52. The fourth-order valence-electron chi connectivity index (χ4n) is 12.0. The van der Waals surface area contributed by atoms with Gasteiger partial charge in [0.2, 0.25) is 0 Å². The number of para-hydroxylation sites is 1. The maximum atomic E-state index is 2.53. The average Bonchev–Trinajstić information content (AvgIpc) is 3.90. The summed E-state index contributed by atoms with van der Waals surface area (Å²) in [6.07, 6.45) is 8.04. The van der Waals surface area contributed by atoms with Crippen LogP contribution in [0.1, 0.15) is 50.9 Å². The van der Waals surface area contributed by atoms with Gasteiger partial charge in [-0.2, -0.15) is 0 Å². The molecule has 3 atom stereocenters. The Morgan fingerprint density at radius 2 is 1.06 bits per heavy atom. The molecule has 0 N–H and O–H groups in total. The number of nitrogens with zero attached hydrogens (tertiary/aromatic N) is 1. The first-order valence-corrected chi connectivity index (χ1v) is 23.3. The molecule has 0 bridgehead atoms. The highest BCUT2D eigenvalue weighted by molar-refractivity contribution is 7.25. The molecule has 0 fully saturated rings. The van der Waals surface area contributed by atoms with E-state index in [1.807, 2.05) is 11.3 Å². The molecule has 0 saturated heterocycles. The average molecular weight is 834 g/mol. The van der Waals surface area contributed by atoms with E-state index in [1.165, 1.54) is 81.4 Å². The first kappa shape index (κ1) is 37.1. The summed E-state index contributed by atoms with van der Waals surface area (Å²) in [5.74, 6) is 0.257. The summed E-state index contributed by atoms with van der Waals surface area (Å²) in [5.41, 5.74) is 16.9. The number of hydrogen-bond donors (Lipinski definition) is 0. The van der Waals surface area contributed by atoms with Crippen LogP contribution in [0.4, 0.5) is 17.1 Å². The van der Waals surface area contributed by atoms with Crippen LogP contribution in [-0.4, -0.2) is 0 Å². The van der Waals surface area contributed by atoms with E-state index in [2.05, 4.69) is 248 Å². The summed E-state index contributed by atoms with van der Waals surface area (Å²) >= 11 is 1.87. The van der Waals surface area contributed by atoms with Crippen LogP contribution in [0.25, 0.3) is 36.9 Å². The summed E-state index contributed by atoms with van der Waals surface area (Å²) < 4.78 is 2.60. The molecule has 1 nitrogen and oxygen atoms in total. The van der Waals surface area contributed by atoms with Crippen molar-refractivity contribution in [1.82, 2.24) is 0 Å². The molecule has 0 amide bonds. The number of allylic oxidation sites excluding steroid dienone is 4. The van der Waals surface area contributed by atoms with Crippen LogP contribution in [0.2, 0.25) is 0 Å². The van der Waals surface area contributed by atoms with E-state index in [-0.39, 0.29) is 11.3 Å². The highest BCUT2D eigenvalue weighted by atomic mass is 32.1. The van der Waals surface area contributed by atoms with Gasteiger partial charge in [-0.05, 0) is 110 Å². The van der Waals surface area contributed by atoms with Crippen molar-refractivity contribution in [3.05, 3.63) is 287 Å². The van der Waals surface area contributed by atoms with Crippen molar-refractivity contribution in [2.45, 2.75) is 17.3 Å². The Kier molecular flexibility index (Phi) is 8.41. The maximum absolute atomic E-state index is 2.53. The fourth-order valence-corrected chi connectivity index (χ4v) is 13.1. The lowest BCUT2D eigenvalue weighted by Gasteiger charge is -2.51. The van der Waals surface area contributed by atoms with Crippen molar-refractivity contribution < 1.29 is 0 Å². The largest absolute Gasteiger partial charge is 0.310 e. The van der Waals surface area contributed by atoms with Gasteiger partial charge < -0.3 is 4.90 Å². The van der Waals surface area contributed by atoms with Gasteiger partial charge in [0, 0.05) is 37.5 Å². The molecular formula is C62H43NS. The van der Waals surface area contributed by atoms with Crippen molar-refractivity contribution in [2.24, 2.45) is 5.92 Å². The minimum atomic E-state index is -0.693. The molecule has 0 saturated carbocycles. The summed E-state index contributed by atoms with van der Waals surface area (Å²) in [7, 11) is 0. The van der Waals surface area contributed by atoms with E-state index in [4.69, 9.17) is 0 Å². The summed E-state index contributed by atoms with van der Waals surface area (Å²) in [5, 5.41) is 2.57. The van der Waals surface area contributed by atoms with Gasteiger partial charge >= 0.3 is 0 Å². The summed E-state index contributed by atoms with van der Waals surface area (Å²) in [4.78, 5) is 2.53. The molecule has 13 rings (SSSR count). The smallest absolute Gasteiger partial charge is 0.0728 e. The normalized spacial score (nSPS) is 19.2. The van der Waals surface area contributed by atoms with Crippen LogP contribution >= 0.6 is 11.3 Å². The lowest BCUT2D eigenvalue weighted by atomic mass is 9.50. The summed E-state index contributed by atoms with van der Waals surface area (Å²) in [6.45, 7) is 0. The number of benzene rings is 9. The highest BCUT2D eigenvalue weighted by Crippen LogP contribution is 2.68. The molecule has 0 spiro atoms. The zero-order valence-corrected chi connectivity index (χ0v) is 36.1. The first-order valence-electron chi connectivity index (χ1n) is 22.4. The predicted octanol–water partition coefficient (Wildman–Crippen LogP) is 16.2. The maximum Gasteiger partial charge on any atom is 0.0728 e. The predicted molar refractivity (Wildman–Crippen MR) is 269 cm³/mol. The standard InChI is InChI=1S/C62H43NS/c1-4-19-42(20-5-1)43-35-37-46(38-36-43)63(47-39-40-59-51(41-47)49-26-11-17-34-58(49)64-59)57-33-16-15-31-55(57)61(44-21-6-2-7-22-44)53-29-13-14-30-54(53)62(45-23-8-3-9-24-45)52-28-12-10-25-48(52)50-27-18-32-56(61)60(50)62/h1-27,29-41,52H,28H2. The van der Waals surface area contributed by atoms with Gasteiger partial charge in [0.15, 0.2) is 0 Å². The third-order valence-electron chi connectivity index (χ3n) is 14.4. The fraction of sp³-hybridized carbons (Fsp3) is 0.0645. The van der Waals surface area contributed by atoms with Gasteiger partial charge in [0.1, 0.15) is 0 Å². The van der Waals surface area contributed by atoms with Gasteiger partial charge in [-0.3, -0.25) is 0 Å². The Balaban J connectivity index is 1.14. The van der Waals surface area contributed by atoms with Crippen molar-refractivity contribution in [2.75, 3.05) is 4.90 Å². The Bertz CT molecular complexity index is 3470. The SMILES string of the molecule is C1=CCC2C(=C1)c1cccc3c1C2(c1ccccc1)c1ccccc1C3(c1ccccc1)c1ccccc1N(c1ccc(-c2ccccc2)cc1)c1ccc2sc3ccccc3c2c1. The molecule has 3 aliphatic carbocycles. The van der Waals surface area contributed by atoms with Crippen molar-refractivity contribution in [3.8, 4) is 11.1 Å². The van der Waals surface area contributed by atoms with Crippen LogP contribution in [-0.2, 0) is 10.8 Å². The van der Waals surface area contributed by atoms with Crippen molar-refractivity contribution in [3.63, 3.8) is 0 Å². The number of fused-ring (bicyclic) bond motifs is 8. The van der Waals surface area contributed by atoms with Crippen LogP contribution in [0, 0.1) is 5.92 Å².